The highest BCUT2D eigenvalue weighted by Gasteiger charge is 2.19. The van der Waals surface area contributed by atoms with Crippen molar-refractivity contribution in [1.29, 1.82) is 0 Å². The number of hydrogen-bond acceptors (Lipinski definition) is 2. The van der Waals surface area contributed by atoms with Gasteiger partial charge in [0.25, 0.3) is 0 Å². The van der Waals surface area contributed by atoms with Crippen molar-refractivity contribution < 1.29 is 5.11 Å². The number of nitrogens with one attached hydrogen (secondary N) is 1. The lowest BCUT2D eigenvalue weighted by molar-refractivity contribution is 0.233. The number of aliphatic hydroxyl groups excluding tert-OH is 1. The lowest BCUT2D eigenvalue weighted by Crippen LogP contribution is -2.32. The van der Waals surface area contributed by atoms with Gasteiger partial charge in [-0.15, -0.1) is 0 Å². The van der Waals surface area contributed by atoms with Gasteiger partial charge in [0.2, 0.25) is 0 Å². The Morgan fingerprint density at radius 3 is 2.14 bits per heavy atom. The molecule has 0 spiro atoms. The Labute approximate surface area is 126 Å². The summed E-state index contributed by atoms with van der Waals surface area (Å²) in [6.45, 7) is 0.154. The van der Waals surface area contributed by atoms with E-state index in [0.29, 0.717) is 6.04 Å². The normalized spacial score (nSPS) is 17.0. The number of benzene rings is 2. The van der Waals surface area contributed by atoms with Crippen LogP contribution in [-0.4, -0.2) is 17.8 Å². The van der Waals surface area contributed by atoms with Crippen LogP contribution in [0.1, 0.15) is 37.3 Å². The summed E-state index contributed by atoms with van der Waals surface area (Å²) in [6.07, 6.45) is 5.09. The van der Waals surface area contributed by atoms with E-state index in [2.05, 4.69) is 53.8 Å². The molecule has 0 aromatic heterocycles. The Balaban J connectivity index is 1.72. The molecule has 21 heavy (non-hydrogen) atoms. The molecular weight excluding hydrogens is 258 g/mol. The van der Waals surface area contributed by atoms with Crippen molar-refractivity contribution in [3.8, 4) is 11.1 Å². The molecule has 0 radical (unpaired) electrons. The Morgan fingerprint density at radius 1 is 0.905 bits per heavy atom. The minimum absolute atomic E-state index is 0.0536. The smallest absolute Gasteiger partial charge is 0.0626 e. The van der Waals surface area contributed by atoms with Crippen LogP contribution in [0.2, 0.25) is 0 Å². The Hall–Kier alpha value is -1.64. The first-order valence-electron chi connectivity index (χ1n) is 7.89. The van der Waals surface area contributed by atoms with Gasteiger partial charge in [0.1, 0.15) is 0 Å². The first-order valence-corrected chi connectivity index (χ1v) is 7.89. The lowest BCUT2D eigenvalue weighted by atomic mass is 10.0. The van der Waals surface area contributed by atoms with Gasteiger partial charge in [-0.05, 0) is 29.5 Å². The minimum Gasteiger partial charge on any atom is -0.394 e. The third-order valence-electron chi connectivity index (χ3n) is 4.39. The number of hydrogen-bond donors (Lipinski definition) is 2. The molecule has 1 unspecified atom stereocenters. The molecule has 2 aromatic rings. The van der Waals surface area contributed by atoms with Gasteiger partial charge in [-0.2, -0.15) is 0 Å². The molecule has 1 saturated carbocycles. The molecule has 2 nitrogen and oxygen atoms in total. The molecule has 2 N–H and O–H groups in total. The molecule has 2 aromatic carbocycles. The highest BCUT2D eigenvalue weighted by Crippen LogP contribution is 2.24. The van der Waals surface area contributed by atoms with E-state index in [1.54, 1.807) is 0 Å². The fourth-order valence-electron chi connectivity index (χ4n) is 3.17. The summed E-state index contributed by atoms with van der Waals surface area (Å²) in [7, 11) is 0. The maximum Gasteiger partial charge on any atom is 0.0626 e. The second kappa shape index (κ2) is 6.88. The fraction of sp³-hybridized carbons (Fsp3) is 0.368. The molecule has 2 heteroatoms. The zero-order chi connectivity index (χ0) is 14.5. The molecule has 1 atom stereocenters. The van der Waals surface area contributed by atoms with Crippen molar-refractivity contribution in [2.24, 2.45) is 0 Å². The van der Waals surface area contributed by atoms with Crippen molar-refractivity contribution in [3.05, 3.63) is 60.2 Å². The van der Waals surface area contributed by atoms with Crippen LogP contribution in [0.3, 0.4) is 0 Å². The third-order valence-corrected chi connectivity index (χ3v) is 4.39. The Morgan fingerprint density at radius 2 is 1.52 bits per heavy atom. The van der Waals surface area contributed by atoms with Gasteiger partial charge in [0.15, 0.2) is 0 Å². The SMILES string of the molecule is OCC(NC1CCCC1)c1ccc(-c2ccccc2)cc1. The molecule has 110 valence electrons. The van der Waals surface area contributed by atoms with Crippen molar-refractivity contribution in [1.82, 2.24) is 5.32 Å². The molecule has 0 saturated heterocycles. The molecule has 0 aliphatic heterocycles. The second-order valence-electron chi connectivity index (χ2n) is 5.87. The van der Waals surface area contributed by atoms with E-state index in [1.165, 1.54) is 42.4 Å². The maximum atomic E-state index is 9.66. The van der Waals surface area contributed by atoms with E-state index >= 15 is 0 Å². The Bertz CT molecular complexity index is 544. The summed E-state index contributed by atoms with van der Waals surface area (Å²) in [5.41, 5.74) is 3.62. The zero-order valence-corrected chi connectivity index (χ0v) is 12.3. The second-order valence-corrected chi connectivity index (χ2v) is 5.87. The minimum atomic E-state index is 0.0536. The summed E-state index contributed by atoms with van der Waals surface area (Å²) in [4.78, 5) is 0. The van der Waals surface area contributed by atoms with Crippen molar-refractivity contribution in [2.45, 2.75) is 37.8 Å². The van der Waals surface area contributed by atoms with Crippen LogP contribution in [0, 0.1) is 0 Å². The average molecular weight is 281 g/mol. The topological polar surface area (TPSA) is 32.3 Å². The summed E-state index contributed by atoms with van der Waals surface area (Å²) in [6, 6.07) is 19.6. The maximum absolute atomic E-state index is 9.66. The first-order chi connectivity index (χ1) is 10.4. The van der Waals surface area contributed by atoms with E-state index in [-0.39, 0.29) is 12.6 Å². The van der Waals surface area contributed by atoms with Gasteiger partial charge in [-0.1, -0.05) is 67.4 Å². The molecular formula is C19H23NO. The van der Waals surface area contributed by atoms with Crippen LogP contribution < -0.4 is 5.32 Å². The van der Waals surface area contributed by atoms with Gasteiger partial charge in [0.05, 0.1) is 12.6 Å². The van der Waals surface area contributed by atoms with Crippen LogP contribution >= 0.6 is 0 Å². The summed E-state index contributed by atoms with van der Waals surface area (Å²) >= 11 is 0. The van der Waals surface area contributed by atoms with E-state index < -0.39 is 0 Å². The summed E-state index contributed by atoms with van der Waals surface area (Å²) in [5.74, 6) is 0. The predicted octanol–water partition coefficient (Wildman–Crippen LogP) is 3.92. The van der Waals surface area contributed by atoms with Crippen LogP contribution in [-0.2, 0) is 0 Å². The molecule has 0 bridgehead atoms. The van der Waals surface area contributed by atoms with Crippen LogP contribution in [0.5, 0.6) is 0 Å². The lowest BCUT2D eigenvalue weighted by Gasteiger charge is -2.21. The quantitative estimate of drug-likeness (QED) is 0.870. The molecule has 1 fully saturated rings. The van der Waals surface area contributed by atoms with Gasteiger partial charge >= 0.3 is 0 Å². The van der Waals surface area contributed by atoms with Crippen LogP contribution in [0.15, 0.2) is 54.6 Å². The van der Waals surface area contributed by atoms with Gasteiger partial charge in [-0.3, -0.25) is 0 Å². The molecule has 1 aliphatic carbocycles. The van der Waals surface area contributed by atoms with Crippen molar-refractivity contribution >= 4 is 0 Å². The number of rotatable bonds is 5. The summed E-state index contributed by atoms with van der Waals surface area (Å²) in [5, 5.41) is 13.3. The van der Waals surface area contributed by atoms with Gasteiger partial charge in [0, 0.05) is 6.04 Å². The fourth-order valence-corrected chi connectivity index (χ4v) is 3.17. The van der Waals surface area contributed by atoms with Crippen LogP contribution in [0.4, 0.5) is 0 Å². The third kappa shape index (κ3) is 3.52. The Kier molecular flexibility index (Phi) is 4.69. The van der Waals surface area contributed by atoms with Crippen molar-refractivity contribution in [3.63, 3.8) is 0 Å². The van der Waals surface area contributed by atoms with E-state index in [0.717, 1.165) is 0 Å². The zero-order valence-electron chi connectivity index (χ0n) is 12.3. The van der Waals surface area contributed by atoms with E-state index in [9.17, 15) is 5.11 Å². The highest BCUT2D eigenvalue weighted by molar-refractivity contribution is 5.63. The molecule has 0 amide bonds. The molecule has 0 heterocycles. The largest absolute Gasteiger partial charge is 0.394 e. The molecule has 3 rings (SSSR count). The number of aliphatic hydroxyl groups is 1. The summed E-state index contributed by atoms with van der Waals surface area (Å²) < 4.78 is 0. The monoisotopic (exact) mass is 281 g/mol. The highest BCUT2D eigenvalue weighted by atomic mass is 16.3. The standard InChI is InChI=1S/C19H23NO/c21-14-19(20-18-8-4-5-9-18)17-12-10-16(11-13-17)15-6-2-1-3-7-15/h1-3,6-7,10-13,18-21H,4-5,8-9,14H2. The first kappa shape index (κ1) is 14.3. The van der Waals surface area contributed by atoms with Gasteiger partial charge < -0.3 is 10.4 Å². The van der Waals surface area contributed by atoms with Crippen molar-refractivity contribution in [2.75, 3.05) is 6.61 Å². The average Bonchev–Trinajstić information content (AvgIpc) is 3.07. The van der Waals surface area contributed by atoms with Crippen LogP contribution in [0.25, 0.3) is 11.1 Å². The van der Waals surface area contributed by atoms with E-state index in [4.69, 9.17) is 0 Å². The molecule has 1 aliphatic rings. The predicted molar refractivity (Wildman–Crippen MR) is 87.1 cm³/mol. The van der Waals surface area contributed by atoms with Gasteiger partial charge in [-0.25, -0.2) is 0 Å². The van der Waals surface area contributed by atoms with E-state index in [1.807, 2.05) is 6.07 Å².